The number of rotatable bonds is 2. The summed E-state index contributed by atoms with van der Waals surface area (Å²) < 4.78 is 11.6. The van der Waals surface area contributed by atoms with Crippen molar-refractivity contribution in [3.8, 4) is 0 Å². The summed E-state index contributed by atoms with van der Waals surface area (Å²) >= 11 is 0. The zero-order valence-electron chi connectivity index (χ0n) is 12.1. The summed E-state index contributed by atoms with van der Waals surface area (Å²) in [6.07, 6.45) is 5.86. The van der Waals surface area contributed by atoms with Gasteiger partial charge in [-0.25, -0.2) is 0 Å². The Morgan fingerprint density at radius 2 is 1.84 bits per heavy atom. The molecule has 3 rings (SSSR count). The van der Waals surface area contributed by atoms with Gasteiger partial charge in [0.1, 0.15) is 0 Å². The molecule has 0 bridgehead atoms. The molecule has 2 heterocycles. The molecule has 2 N–H and O–H groups in total. The van der Waals surface area contributed by atoms with E-state index in [1.54, 1.807) is 0 Å². The molecular weight excluding hydrogens is 240 g/mol. The van der Waals surface area contributed by atoms with Gasteiger partial charge >= 0.3 is 0 Å². The zero-order valence-corrected chi connectivity index (χ0v) is 12.1. The number of nitrogens with two attached hydrogens (primary N) is 1. The van der Waals surface area contributed by atoms with E-state index < -0.39 is 0 Å². The highest BCUT2D eigenvalue weighted by molar-refractivity contribution is 4.89. The first-order chi connectivity index (χ1) is 9.22. The highest BCUT2D eigenvalue weighted by atomic mass is 16.7. The lowest BCUT2D eigenvalue weighted by Gasteiger charge is -2.45. The van der Waals surface area contributed by atoms with Crippen molar-refractivity contribution in [3.63, 3.8) is 0 Å². The smallest absolute Gasteiger partial charge is 0.168 e. The molecule has 2 unspecified atom stereocenters. The number of hydrogen-bond donors (Lipinski definition) is 1. The summed E-state index contributed by atoms with van der Waals surface area (Å²) in [7, 11) is 0. The molecule has 0 radical (unpaired) electrons. The van der Waals surface area contributed by atoms with Crippen LogP contribution in [-0.2, 0) is 9.47 Å². The predicted molar refractivity (Wildman–Crippen MR) is 74.8 cm³/mol. The fraction of sp³-hybridized carbons (Fsp3) is 1.00. The van der Waals surface area contributed by atoms with Gasteiger partial charge in [-0.05, 0) is 44.2 Å². The van der Waals surface area contributed by atoms with Gasteiger partial charge < -0.3 is 20.1 Å². The predicted octanol–water partition coefficient (Wildman–Crippen LogP) is 1.59. The molecule has 0 aromatic rings. The van der Waals surface area contributed by atoms with Crippen LogP contribution in [0.1, 0.15) is 39.0 Å². The highest BCUT2D eigenvalue weighted by Crippen LogP contribution is 2.38. The average Bonchev–Trinajstić information content (AvgIpc) is 2.89. The Kier molecular flexibility index (Phi) is 4.13. The number of nitrogens with zero attached hydrogens (tertiary/aromatic N) is 1. The Morgan fingerprint density at radius 3 is 2.47 bits per heavy atom. The van der Waals surface area contributed by atoms with Gasteiger partial charge in [-0.15, -0.1) is 0 Å². The molecule has 1 spiro atoms. The van der Waals surface area contributed by atoms with E-state index in [2.05, 4.69) is 11.8 Å². The molecule has 1 saturated carbocycles. The summed E-state index contributed by atoms with van der Waals surface area (Å²) in [4.78, 5) is 2.68. The number of ether oxygens (including phenoxy) is 2. The molecule has 0 aromatic carbocycles. The van der Waals surface area contributed by atoms with Crippen molar-refractivity contribution >= 4 is 0 Å². The van der Waals surface area contributed by atoms with Crippen LogP contribution in [0.5, 0.6) is 0 Å². The standard InChI is InChI=1S/C15H28N2O2/c1-12-4-7-17(11-13(12)10-16)14-2-5-15(6-3-14)18-8-9-19-15/h12-14H,2-11,16H2,1H3. The van der Waals surface area contributed by atoms with Crippen molar-refractivity contribution in [1.29, 1.82) is 0 Å². The minimum atomic E-state index is -0.215. The zero-order chi connectivity index (χ0) is 13.3. The van der Waals surface area contributed by atoms with Gasteiger partial charge in [-0.3, -0.25) is 0 Å². The van der Waals surface area contributed by atoms with Gasteiger partial charge in [-0.1, -0.05) is 6.92 Å². The molecule has 2 atom stereocenters. The van der Waals surface area contributed by atoms with Gasteiger partial charge in [0.25, 0.3) is 0 Å². The molecule has 2 aliphatic heterocycles. The third-order valence-electron chi connectivity index (χ3n) is 5.50. The van der Waals surface area contributed by atoms with Crippen molar-refractivity contribution in [2.75, 3.05) is 32.8 Å². The Hall–Kier alpha value is -0.160. The molecule has 3 fully saturated rings. The van der Waals surface area contributed by atoms with E-state index in [-0.39, 0.29) is 5.79 Å². The van der Waals surface area contributed by atoms with Gasteiger partial charge in [0.05, 0.1) is 13.2 Å². The Bertz CT molecular complexity index is 295. The van der Waals surface area contributed by atoms with E-state index in [1.165, 1.54) is 32.4 Å². The second-order valence-corrected chi connectivity index (χ2v) is 6.60. The molecule has 1 aliphatic carbocycles. The van der Waals surface area contributed by atoms with Crippen LogP contribution in [0.3, 0.4) is 0 Å². The van der Waals surface area contributed by atoms with Crippen molar-refractivity contribution in [1.82, 2.24) is 4.90 Å². The second kappa shape index (κ2) is 5.68. The lowest BCUT2D eigenvalue weighted by Crippen LogP contribution is -2.50. The molecule has 4 heteroatoms. The molecule has 4 nitrogen and oxygen atoms in total. The molecule has 110 valence electrons. The lowest BCUT2D eigenvalue weighted by molar-refractivity contribution is -0.185. The monoisotopic (exact) mass is 268 g/mol. The van der Waals surface area contributed by atoms with Gasteiger partial charge in [0.2, 0.25) is 0 Å². The molecule has 19 heavy (non-hydrogen) atoms. The average molecular weight is 268 g/mol. The van der Waals surface area contributed by atoms with E-state index in [0.717, 1.165) is 44.6 Å². The molecule has 0 aromatic heterocycles. The third kappa shape index (κ3) is 2.82. The van der Waals surface area contributed by atoms with E-state index in [1.807, 2.05) is 0 Å². The van der Waals surface area contributed by atoms with Crippen LogP contribution in [0, 0.1) is 11.8 Å². The Balaban J connectivity index is 1.53. The highest BCUT2D eigenvalue weighted by Gasteiger charge is 2.42. The topological polar surface area (TPSA) is 47.7 Å². The maximum Gasteiger partial charge on any atom is 0.168 e. The summed E-state index contributed by atoms with van der Waals surface area (Å²) in [6.45, 7) is 7.18. The van der Waals surface area contributed by atoms with Crippen LogP contribution in [-0.4, -0.2) is 49.6 Å². The molecule has 2 saturated heterocycles. The van der Waals surface area contributed by atoms with Crippen LogP contribution in [0.2, 0.25) is 0 Å². The first-order valence-corrected chi connectivity index (χ1v) is 7.94. The van der Waals surface area contributed by atoms with E-state index >= 15 is 0 Å². The van der Waals surface area contributed by atoms with Crippen molar-refractivity contribution < 1.29 is 9.47 Å². The minimum absolute atomic E-state index is 0.215. The maximum absolute atomic E-state index is 5.91. The first-order valence-electron chi connectivity index (χ1n) is 7.94. The maximum atomic E-state index is 5.91. The van der Waals surface area contributed by atoms with E-state index in [0.29, 0.717) is 5.92 Å². The first kappa shape index (κ1) is 13.8. The Morgan fingerprint density at radius 1 is 1.16 bits per heavy atom. The van der Waals surface area contributed by atoms with Gasteiger partial charge in [0.15, 0.2) is 5.79 Å². The number of piperidine rings is 1. The van der Waals surface area contributed by atoms with Crippen LogP contribution in [0.15, 0.2) is 0 Å². The number of likely N-dealkylation sites (tertiary alicyclic amines) is 1. The van der Waals surface area contributed by atoms with Crippen molar-refractivity contribution in [2.45, 2.75) is 50.9 Å². The van der Waals surface area contributed by atoms with Crippen molar-refractivity contribution in [2.24, 2.45) is 17.6 Å². The minimum Gasteiger partial charge on any atom is -0.348 e. The van der Waals surface area contributed by atoms with Crippen LogP contribution in [0.25, 0.3) is 0 Å². The fourth-order valence-corrected chi connectivity index (χ4v) is 4.01. The summed E-state index contributed by atoms with van der Waals surface area (Å²) in [5, 5.41) is 0. The van der Waals surface area contributed by atoms with Gasteiger partial charge in [0, 0.05) is 25.4 Å². The number of hydrogen-bond acceptors (Lipinski definition) is 4. The summed E-state index contributed by atoms with van der Waals surface area (Å²) in [5.74, 6) is 1.26. The Labute approximate surface area is 116 Å². The van der Waals surface area contributed by atoms with Crippen molar-refractivity contribution in [3.05, 3.63) is 0 Å². The molecular formula is C15H28N2O2. The lowest BCUT2D eigenvalue weighted by atomic mass is 9.83. The largest absolute Gasteiger partial charge is 0.348 e. The molecule has 3 aliphatic rings. The second-order valence-electron chi connectivity index (χ2n) is 6.60. The molecule has 0 amide bonds. The van der Waals surface area contributed by atoms with Crippen LogP contribution < -0.4 is 5.73 Å². The third-order valence-corrected chi connectivity index (χ3v) is 5.50. The summed E-state index contributed by atoms with van der Waals surface area (Å²) in [6, 6.07) is 0.722. The fourth-order valence-electron chi connectivity index (χ4n) is 4.01. The van der Waals surface area contributed by atoms with Crippen LogP contribution in [0.4, 0.5) is 0 Å². The van der Waals surface area contributed by atoms with Crippen LogP contribution >= 0.6 is 0 Å². The normalized spacial score (nSPS) is 36.9. The van der Waals surface area contributed by atoms with E-state index in [9.17, 15) is 0 Å². The van der Waals surface area contributed by atoms with E-state index in [4.69, 9.17) is 15.2 Å². The SMILES string of the molecule is CC1CCN(C2CCC3(CC2)OCCO3)CC1CN. The van der Waals surface area contributed by atoms with Gasteiger partial charge in [-0.2, -0.15) is 0 Å². The quantitative estimate of drug-likeness (QED) is 0.826. The summed E-state index contributed by atoms with van der Waals surface area (Å²) in [5.41, 5.74) is 5.91.